The molecule has 0 bridgehead atoms. The van der Waals surface area contributed by atoms with Crippen LogP contribution in [-0.4, -0.2) is 8.42 Å². The number of sulfonamides is 1. The summed E-state index contributed by atoms with van der Waals surface area (Å²) < 4.78 is 21.6. The van der Waals surface area contributed by atoms with Crippen molar-refractivity contribution >= 4 is 10.0 Å². The summed E-state index contributed by atoms with van der Waals surface area (Å²) in [5.41, 5.74) is 0.418. The van der Waals surface area contributed by atoms with Crippen LogP contribution in [0.4, 0.5) is 0 Å². The maximum atomic E-state index is 10.8. The molecule has 0 aromatic heterocycles. The number of primary sulfonamides is 1. The third kappa shape index (κ3) is 2.04. The summed E-state index contributed by atoms with van der Waals surface area (Å²) in [6.07, 6.45) is 0. The van der Waals surface area contributed by atoms with Crippen LogP contribution in [0.15, 0.2) is 29.2 Å². The van der Waals surface area contributed by atoms with Crippen LogP contribution in [0.25, 0.3) is 0 Å². The van der Waals surface area contributed by atoms with Crippen molar-refractivity contribution < 1.29 is 13.5 Å². The van der Waals surface area contributed by atoms with Crippen molar-refractivity contribution in [2.24, 2.45) is 5.14 Å². The van der Waals surface area contributed by atoms with Gasteiger partial charge >= 0.3 is 0 Å². The first-order chi connectivity index (χ1) is 5.54. The standard InChI is InChI=1S/C7H8NO3S/c8-12(10,11)7-3-1-2-6(4-7)5-9/h1-4H,5H2,(H2,8,10,11). The average molecular weight is 186 g/mol. The van der Waals surface area contributed by atoms with Crippen molar-refractivity contribution in [2.75, 3.05) is 0 Å². The molecule has 1 rings (SSSR count). The third-order valence-corrected chi connectivity index (χ3v) is 2.30. The zero-order chi connectivity index (χ0) is 9.19. The van der Waals surface area contributed by atoms with Gasteiger partial charge in [0.25, 0.3) is 0 Å². The molecule has 0 spiro atoms. The SMILES string of the molecule is NS(=O)(=O)c1cccc(C[O])c1. The Morgan fingerprint density at radius 1 is 1.33 bits per heavy atom. The number of rotatable bonds is 2. The Labute approximate surface area is 70.7 Å². The molecule has 0 saturated heterocycles. The second-order valence-corrected chi connectivity index (χ2v) is 3.90. The normalized spacial score (nSPS) is 11.5. The largest absolute Gasteiger partial charge is 0.238 e. The summed E-state index contributed by atoms with van der Waals surface area (Å²) in [5.74, 6) is 0. The van der Waals surface area contributed by atoms with Crippen molar-refractivity contribution in [1.82, 2.24) is 0 Å². The topological polar surface area (TPSA) is 80.1 Å². The lowest BCUT2D eigenvalue weighted by atomic mass is 10.2. The van der Waals surface area contributed by atoms with E-state index in [0.717, 1.165) is 0 Å². The quantitative estimate of drug-likeness (QED) is 0.719. The Kier molecular flexibility index (Phi) is 2.46. The minimum atomic E-state index is -3.67. The molecule has 0 aliphatic rings. The van der Waals surface area contributed by atoms with Crippen LogP contribution < -0.4 is 5.14 Å². The van der Waals surface area contributed by atoms with Gasteiger partial charge in [0.15, 0.2) is 0 Å². The Balaban J connectivity index is 3.20. The third-order valence-electron chi connectivity index (χ3n) is 1.39. The van der Waals surface area contributed by atoms with Crippen LogP contribution in [0.1, 0.15) is 5.56 Å². The monoisotopic (exact) mass is 186 g/mol. The summed E-state index contributed by atoms with van der Waals surface area (Å²) in [4.78, 5) is -0.0177. The minimum absolute atomic E-state index is 0.0177. The van der Waals surface area contributed by atoms with Crippen molar-refractivity contribution in [3.8, 4) is 0 Å². The van der Waals surface area contributed by atoms with E-state index in [0.29, 0.717) is 5.56 Å². The molecule has 0 unspecified atom stereocenters. The summed E-state index contributed by atoms with van der Waals surface area (Å²) in [6, 6.07) is 5.69. The molecule has 5 heteroatoms. The van der Waals surface area contributed by atoms with E-state index in [9.17, 15) is 13.5 Å². The Hall–Kier alpha value is -0.910. The first-order valence-electron chi connectivity index (χ1n) is 3.24. The molecule has 0 fully saturated rings. The Morgan fingerprint density at radius 2 is 2.00 bits per heavy atom. The van der Waals surface area contributed by atoms with Crippen LogP contribution in [0, 0.1) is 0 Å². The van der Waals surface area contributed by atoms with Gasteiger partial charge in [-0.3, -0.25) is 0 Å². The van der Waals surface area contributed by atoms with E-state index in [4.69, 9.17) is 5.14 Å². The smallest absolute Gasteiger partial charge is 0.232 e. The molecule has 0 amide bonds. The zero-order valence-corrected chi connectivity index (χ0v) is 7.04. The van der Waals surface area contributed by atoms with E-state index in [-0.39, 0.29) is 4.90 Å². The van der Waals surface area contributed by atoms with Crippen LogP contribution in [0.3, 0.4) is 0 Å². The molecule has 65 valence electrons. The molecule has 0 aliphatic carbocycles. The maximum absolute atomic E-state index is 10.8. The van der Waals surface area contributed by atoms with Crippen LogP contribution in [0.5, 0.6) is 0 Å². The van der Waals surface area contributed by atoms with Gasteiger partial charge < -0.3 is 0 Å². The molecule has 1 aromatic carbocycles. The molecule has 1 aromatic rings. The average Bonchev–Trinajstić information content (AvgIpc) is 2.03. The van der Waals surface area contributed by atoms with E-state index < -0.39 is 16.6 Å². The van der Waals surface area contributed by atoms with Crippen molar-refractivity contribution in [3.63, 3.8) is 0 Å². The van der Waals surface area contributed by atoms with Gasteiger partial charge in [-0.1, -0.05) is 12.1 Å². The fraction of sp³-hybridized carbons (Fsp3) is 0.143. The molecule has 0 aliphatic heterocycles. The number of nitrogens with two attached hydrogens (primary N) is 1. The predicted octanol–water partition coefficient (Wildman–Crippen LogP) is 0.265. The van der Waals surface area contributed by atoms with Gasteiger partial charge in [-0.15, -0.1) is 0 Å². The second-order valence-electron chi connectivity index (χ2n) is 2.34. The molecule has 0 saturated carbocycles. The van der Waals surface area contributed by atoms with Gasteiger partial charge in [-0.05, 0) is 17.7 Å². The lowest BCUT2D eigenvalue weighted by Crippen LogP contribution is -2.12. The van der Waals surface area contributed by atoms with Crippen molar-refractivity contribution in [2.45, 2.75) is 11.5 Å². The number of hydrogen-bond donors (Lipinski definition) is 1. The first-order valence-corrected chi connectivity index (χ1v) is 4.78. The lowest BCUT2D eigenvalue weighted by Gasteiger charge is -1.98. The van der Waals surface area contributed by atoms with E-state index in [1.54, 1.807) is 6.07 Å². The van der Waals surface area contributed by atoms with Crippen molar-refractivity contribution in [3.05, 3.63) is 29.8 Å². The molecule has 1 radical (unpaired) electrons. The molecular formula is C7H8NO3S. The van der Waals surface area contributed by atoms with Crippen LogP contribution in [-0.2, 0) is 21.7 Å². The van der Waals surface area contributed by atoms with E-state index in [2.05, 4.69) is 0 Å². The molecular weight excluding hydrogens is 178 g/mol. The molecule has 2 N–H and O–H groups in total. The maximum Gasteiger partial charge on any atom is 0.238 e. The van der Waals surface area contributed by atoms with Crippen LogP contribution in [0.2, 0.25) is 0 Å². The Bertz CT molecular complexity index is 372. The fourth-order valence-electron chi connectivity index (χ4n) is 0.812. The van der Waals surface area contributed by atoms with E-state index in [1.165, 1.54) is 18.2 Å². The van der Waals surface area contributed by atoms with Gasteiger partial charge in [0.1, 0.15) is 6.61 Å². The number of hydrogen-bond acceptors (Lipinski definition) is 2. The highest BCUT2D eigenvalue weighted by atomic mass is 32.2. The van der Waals surface area contributed by atoms with Gasteiger partial charge in [0.2, 0.25) is 10.0 Å². The summed E-state index contributed by atoms with van der Waals surface area (Å²) in [5, 5.41) is 15.2. The van der Waals surface area contributed by atoms with Gasteiger partial charge in [0.05, 0.1) is 4.90 Å². The number of benzene rings is 1. The highest BCUT2D eigenvalue weighted by Crippen LogP contribution is 2.09. The van der Waals surface area contributed by atoms with E-state index in [1.807, 2.05) is 0 Å². The van der Waals surface area contributed by atoms with Crippen molar-refractivity contribution in [1.29, 1.82) is 0 Å². The highest BCUT2D eigenvalue weighted by molar-refractivity contribution is 7.89. The fourth-order valence-corrected chi connectivity index (χ4v) is 1.40. The van der Waals surface area contributed by atoms with Gasteiger partial charge in [-0.2, -0.15) is 0 Å². The predicted molar refractivity (Wildman–Crippen MR) is 42.2 cm³/mol. The summed E-state index contributed by atoms with van der Waals surface area (Å²) >= 11 is 0. The minimum Gasteiger partial charge on any atom is -0.232 e. The molecule has 12 heavy (non-hydrogen) atoms. The summed E-state index contributed by atoms with van der Waals surface area (Å²) in [7, 11) is -3.67. The summed E-state index contributed by atoms with van der Waals surface area (Å²) in [6.45, 7) is -0.441. The van der Waals surface area contributed by atoms with Crippen LogP contribution >= 0.6 is 0 Å². The molecule has 0 heterocycles. The highest BCUT2D eigenvalue weighted by Gasteiger charge is 2.06. The first kappa shape index (κ1) is 9.18. The van der Waals surface area contributed by atoms with Gasteiger partial charge in [0, 0.05) is 0 Å². The Morgan fingerprint density at radius 3 is 2.50 bits per heavy atom. The second kappa shape index (κ2) is 3.22. The molecule has 0 atom stereocenters. The van der Waals surface area contributed by atoms with E-state index >= 15 is 0 Å². The molecule has 4 nitrogen and oxygen atoms in total. The van der Waals surface area contributed by atoms with Gasteiger partial charge in [-0.25, -0.2) is 18.7 Å². The zero-order valence-electron chi connectivity index (χ0n) is 6.23. The lowest BCUT2D eigenvalue weighted by molar-refractivity contribution is 0.177.